The lowest BCUT2D eigenvalue weighted by atomic mass is 10.0. The van der Waals surface area contributed by atoms with Crippen LogP contribution in [-0.2, 0) is 0 Å². The number of non-ortho nitro benzene ring substituents is 1. The first-order chi connectivity index (χ1) is 12.5. The highest BCUT2D eigenvalue weighted by Gasteiger charge is 2.06. The second-order valence-corrected chi connectivity index (χ2v) is 5.99. The van der Waals surface area contributed by atoms with E-state index in [1.807, 2.05) is 31.2 Å². The maximum Gasteiger partial charge on any atom is 0.270 e. The lowest BCUT2D eigenvalue weighted by Gasteiger charge is -2.03. The van der Waals surface area contributed by atoms with Crippen molar-refractivity contribution in [2.45, 2.75) is 6.92 Å². The van der Waals surface area contributed by atoms with Gasteiger partial charge in [-0.3, -0.25) is 14.9 Å². The number of aryl methyl sites for hydroxylation is 1. The van der Waals surface area contributed by atoms with E-state index in [1.54, 1.807) is 30.3 Å². The zero-order valence-corrected chi connectivity index (χ0v) is 14.3. The van der Waals surface area contributed by atoms with Gasteiger partial charge >= 0.3 is 0 Å². The standard InChI is InChI=1S/C22H17NO3/c1-16-5-8-18(9-6-16)19-10-12-20(13-11-19)22(24)14-7-17-3-2-4-21(15-17)23(25)26/h2-15H,1H3/b14-7+. The third-order valence-electron chi connectivity index (χ3n) is 4.06. The minimum absolute atomic E-state index is 0.00190. The molecule has 0 bridgehead atoms. The lowest BCUT2D eigenvalue weighted by Crippen LogP contribution is -1.94. The maximum absolute atomic E-state index is 12.3. The molecule has 26 heavy (non-hydrogen) atoms. The molecule has 4 heteroatoms. The highest BCUT2D eigenvalue weighted by Crippen LogP contribution is 2.21. The van der Waals surface area contributed by atoms with Gasteiger partial charge in [-0.05, 0) is 29.7 Å². The fourth-order valence-corrected chi connectivity index (χ4v) is 2.58. The van der Waals surface area contributed by atoms with Gasteiger partial charge < -0.3 is 0 Å². The molecule has 3 aromatic carbocycles. The smallest absolute Gasteiger partial charge is 0.270 e. The summed E-state index contributed by atoms with van der Waals surface area (Å²) in [6.45, 7) is 2.04. The van der Waals surface area contributed by atoms with Crippen LogP contribution in [0.15, 0.2) is 78.9 Å². The van der Waals surface area contributed by atoms with Crippen molar-refractivity contribution in [3.05, 3.63) is 106 Å². The molecule has 0 amide bonds. The molecule has 0 N–H and O–H groups in total. The fourth-order valence-electron chi connectivity index (χ4n) is 2.58. The van der Waals surface area contributed by atoms with Crippen molar-refractivity contribution in [1.29, 1.82) is 0 Å². The average molecular weight is 343 g/mol. The molecule has 0 fully saturated rings. The zero-order chi connectivity index (χ0) is 18.5. The Morgan fingerprint density at radius 1 is 0.923 bits per heavy atom. The lowest BCUT2D eigenvalue weighted by molar-refractivity contribution is -0.384. The molecule has 3 aromatic rings. The third kappa shape index (κ3) is 4.11. The second-order valence-electron chi connectivity index (χ2n) is 5.99. The van der Waals surface area contributed by atoms with E-state index in [9.17, 15) is 14.9 Å². The molecule has 0 heterocycles. The van der Waals surface area contributed by atoms with Crippen LogP contribution in [0.3, 0.4) is 0 Å². The van der Waals surface area contributed by atoms with E-state index in [0.29, 0.717) is 11.1 Å². The van der Waals surface area contributed by atoms with Crippen molar-refractivity contribution in [3.63, 3.8) is 0 Å². The Hall–Kier alpha value is -3.53. The quantitative estimate of drug-likeness (QED) is 0.267. The monoisotopic (exact) mass is 343 g/mol. The van der Waals surface area contributed by atoms with Gasteiger partial charge in [0.25, 0.3) is 5.69 Å². The highest BCUT2D eigenvalue weighted by atomic mass is 16.6. The summed E-state index contributed by atoms with van der Waals surface area (Å²) in [6, 6.07) is 21.8. The maximum atomic E-state index is 12.3. The molecule has 0 unspecified atom stereocenters. The molecule has 3 rings (SSSR count). The van der Waals surface area contributed by atoms with Gasteiger partial charge in [-0.15, -0.1) is 0 Å². The number of allylic oxidation sites excluding steroid dienone is 1. The minimum atomic E-state index is -0.455. The van der Waals surface area contributed by atoms with E-state index in [2.05, 4.69) is 12.1 Å². The van der Waals surface area contributed by atoms with Crippen LogP contribution in [0.2, 0.25) is 0 Å². The number of carbonyl (C=O) groups excluding carboxylic acids is 1. The summed E-state index contributed by atoms with van der Waals surface area (Å²) in [5, 5.41) is 10.8. The van der Waals surface area contributed by atoms with E-state index in [4.69, 9.17) is 0 Å². The van der Waals surface area contributed by atoms with Crippen LogP contribution < -0.4 is 0 Å². The summed E-state index contributed by atoms with van der Waals surface area (Å²) in [5.74, 6) is -0.146. The number of benzene rings is 3. The SMILES string of the molecule is Cc1ccc(-c2ccc(C(=O)/C=C/c3cccc([N+](=O)[O-])c3)cc2)cc1. The first-order valence-electron chi connectivity index (χ1n) is 8.17. The van der Waals surface area contributed by atoms with Crippen LogP contribution in [0.1, 0.15) is 21.5 Å². The summed E-state index contributed by atoms with van der Waals surface area (Å²) in [4.78, 5) is 22.6. The Bertz CT molecular complexity index is 971. The molecule has 0 aliphatic carbocycles. The Kier molecular flexibility index (Phi) is 5.04. The van der Waals surface area contributed by atoms with Crippen molar-refractivity contribution in [2.75, 3.05) is 0 Å². The van der Waals surface area contributed by atoms with Crippen molar-refractivity contribution >= 4 is 17.5 Å². The van der Waals surface area contributed by atoms with Gasteiger partial charge in [0.05, 0.1) is 4.92 Å². The largest absolute Gasteiger partial charge is 0.289 e. The normalized spacial score (nSPS) is 10.8. The molecule has 0 aromatic heterocycles. The number of nitro groups is 1. The van der Waals surface area contributed by atoms with E-state index in [0.717, 1.165) is 11.1 Å². The Balaban J connectivity index is 1.75. The van der Waals surface area contributed by atoms with E-state index < -0.39 is 4.92 Å². The van der Waals surface area contributed by atoms with E-state index in [-0.39, 0.29) is 11.5 Å². The number of hydrogen-bond acceptors (Lipinski definition) is 3. The van der Waals surface area contributed by atoms with Gasteiger partial charge in [-0.1, -0.05) is 72.3 Å². The number of hydrogen-bond donors (Lipinski definition) is 0. The van der Waals surface area contributed by atoms with Crippen LogP contribution in [-0.4, -0.2) is 10.7 Å². The van der Waals surface area contributed by atoms with Gasteiger partial charge in [0.1, 0.15) is 0 Å². The third-order valence-corrected chi connectivity index (χ3v) is 4.06. The molecule has 0 atom stereocenters. The van der Waals surface area contributed by atoms with Gasteiger partial charge in [0.2, 0.25) is 0 Å². The molecule has 0 aliphatic heterocycles. The molecule has 0 aliphatic rings. The average Bonchev–Trinajstić information content (AvgIpc) is 2.67. The summed E-state index contributed by atoms with van der Waals surface area (Å²) in [5.41, 5.74) is 4.53. The Morgan fingerprint density at radius 3 is 2.15 bits per heavy atom. The van der Waals surface area contributed by atoms with Gasteiger partial charge in [0.15, 0.2) is 5.78 Å². The molecule has 0 spiro atoms. The number of nitro benzene ring substituents is 1. The number of ketones is 1. The number of nitrogens with zero attached hydrogens (tertiary/aromatic N) is 1. The number of rotatable bonds is 5. The molecule has 128 valence electrons. The first-order valence-corrected chi connectivity index (χ1v) is 8.17. The topological polar surface area (TPSA) is 60.2 Å². The van der Waals surface area contributed by atoms with Crippen LogP contribution in [0.4, 0.5) is 5.69 Å². The van der Waals surface area contributed by atoms with E-state index >= 15 is 0 Å². The molecule has 0 radical (unpaired) electrons. The fraction of sp³-hybridized carbons (Fsp3) is 0.0455. The van der Waals surface area contributed by atoms with Gasteiger partial charge in [-0.25, -0.2) is 0 Å². The summed E-state index contributed by atoms with van der Waals surface area (Å²) in [7, 11) is 0. The summed E-state index contributed by atoms with van der Waals surface area (Å²) >= 11 is 0. The molecule has 4 nitrogen and oxygen atoms in total. The zero-order valence-electron chi connectivity index (χ0n) is 14.3. The van der Waals surface area contributed by atoms with E-state index in [1.165, 1.54) is 23.8 Å². The highest BCUT2D eigenvalue weighted by molar-refractivity contribution is 6.07. The van der Waals surface area contributed by atoms with Crippen LogP contribution in [0.25, 0.3) is 17.2 Å². The number of carbonyl (C=O) groups is 1. The predicted octanol–water partition coefficient (Wildman–Crippen LogP) is 5.47. The van der Waals surface area contributed by atoms with Crippen molar-refractivity contribution in [1.82, 2.24) is 0 Å². The molecule has 0 saturated heterocycles. The van der Waals surface area contributed by atoms with Crippen LogP contribution >= 0.6 is 0 Å². The summed E-state index contributed by atoms with van der Waals surface area (Å²) in [6.07, 6.45) is 3.02. The Morgan fingerprint density at radius 2 is 1.54 bits per heavy atom. The molecule has 0 saturated carbocycles. The van der Waals surface area contributed by atoms with Crippen LogP contribution in [0, 0.1) is 17.0 Å². The molecular weight excluding hydrogens is 326 g/mol. The van der Waals surface area contributed by atoms with Crippen molar-refractivity contribution < 1.29 is 9.72 Å². The van der Waals surface area contributed by atoms with Crippen molar-refractivity contribution in [3.8, 4) is 11.1 Å². The van der Waals surface area contributed by atoms with Gasteiger partial charge in [-0.2, -0.15) is 0 Å². The van der Waals surface area contributed by atoms with Gasteiger partial charge in [0, 0.05) is 17.7 Å². The van der Waals surface area contributed by atoms with Crippen molar-refractivity contribution in [2.24, 2.45) is 0 Å². The predicted molar refractivity (Wildman–Crippen MR) is 103 cm³/mol. The Labute approximate surface area is 151 Å². The first kappa shape index (κ1) is 17.3. The molecular formula is C22H17NO3. The summed E-state index contributed by atoms with van der Waals surface area (Å²) < 4.78 is 0. The minimum Gasteiger partial charge on any atom is -0.289 e. The van der Waals surface area contributed by atoms with Crippen LogP contribution in [0.5, 0.6) is 0 Å². The second kappa shape index (κ2) is 7.57.